The first kappa shape index (κ1) is 21.0. The minimum absolute atomic E-state index is 0.256. The molecule has 8 heteroatoms. The van der Waals surface area contributed by atoms with E-state index in [-0.39, 0.29) is 12.5 Å². The molecule has 0 atom stereocenters. The van der Waals surface area contributed by atoms with Crippen molar-refractivity contribution in [2.45, 2.75) is 6.54 Å². The van der Waals surface area contributed by atoms with E-state index in [9.17, 15) is 4.79 Å². The van der Waals surface area contributed by atoms with Gasteiger partial charge in [-0.1, -0.05) is 0 Å². The van der Waals surface area contributed by atoms with Gasteiger partial charge in [-0.25, -0.2) is 0 Å². The van der Waals surface area contributed by atoms with Crippen molar-refractivity contribution in [2.75, 3.05) is 42.7 Å². The standard InChI is InChI=1S/C20H25NO7/c1-23-14-7-12(8-15(24-2)18(14)27-5)11-21-20(22)13-9-16(25-3)19(28-6)17(10-13)26-4/h7-10H,11H2,1-6H3,(H,21,22). The molecule has 1 amide bonds. The van der Waals surface area contributed by atoms with Crippen LogP contribution in [0.25, 0.3) is 0 Å². The number of rotatable bonds is 9. The molecule has 2 rings (SSSR count). The zero-order valence-corrected chi connectivity index (χ0v) is 16.9. The summed E-state index contributed by atoms with van der Waals surface area (Å²) in [5.41, 5.74) is 1.16. The normalized spacial score (nSPS) is 10.1. The van der Waals surface area contributed by atoms with E-state index in [1.165, 1.54) is 42.7 Å². The quantitative estimate of drug-likeness (QED) is 0.703. The Balaban J connectivity index is 2.25. The molecule has 0 aliphatic heterocycles. The lowest BCUT2D eigenvalue weighted by Crippen LogP contribution is -2.23. The van der Waals surface area contributed by atoms with Crippen LogP contribution in [-0.2, 0) is 6.54 Å². The second-order valence-corrected chi connectivity index (χ2v) is 5.63. The van der Waals surface area contributed by atoms with Crippen LogP contribution in [-0.4, -0.2) is 48.6 Å². The van der Waals surface area contributed by atoms with Crippen LogP contribution in [0.1, 0.15) is 15.9 Å². The fraction of sp³-hybridized carbons (Fsp3) is 0.350. The minimum atomic E-state index is -0.298. The van der Waals surface area contributed by atoms with E-state index in [0.717, 1.165) is 5.56 Å². The van der Waals surface area contributed by atoms with Crippen molar-refractivity contribution in [1.82, 2.24) is 5.32 Å². The van der Waals surface area contributed by atoms with Crippen LogP contribution in [0.5, 0.6) is 34.5 Å². The highest BCUT2D eigenvalue weighted by Gasteiger charge is 2.18. The number of hydrogen-bond donors (Lipinski definition) is 1. The molecule has 0 aromatic heterocycles. The Morgan fingerprint density at radius 2 is 1.07 bits per heavy atom. The lowest BCUT2D eigenvalue weighted by molar-refractivity contribution is 0.0950. The second kappa shape index (κ2) is 9.59. The van der Waals surface area contributed by atoms with Crippen LogP contribution >= 0.6 is 0 Å². The van der Waals surface area contributed by atoms with Crippen LogP contribution < -0.4 is 33.7 Å². The fourth-order valence-electron chi connectivity index (χ4n) is 2.73. The van der Waals surface area contributed by atoms with Gasteiger partial charge < -0.3 is 33.7 Å². The molecule has 0 bridgehead atoms. The highest BCUT2D eigenvalue weighted by atomic mass is 16.5. The molecule has 0 aliphatic carbocycles. The highest BCUT2D eigenvalue weighted by molar-refractivity contribution is 5.95. The summed E-state index contributed by atoms with van der Waals surface area (Å²) in [6.07, 6.45) is 0. The third-order valence-corrected chi connectivity index (χ3v) is 4.10. The van der Waals surface area contributed by atoms with Crippen molar-refractivity contribution in [2.24, 2.45) is 0 Å². The van der Waals surface area contributed by atoms with E-state index in [0.29, 0.717) is 40.1 Å². The first-order valence-corrected chi connectivity index (χ1v) is 8.39. The number of amides is 1. The number of benzene rings is 2. The van der Waals surface area contributed by atoms with Crippen molar-refractivity contribution in [3.8, 4) is 34.5 Å². The summed E-state index contributed by atoms with van der Waals surface area (Å²) in [4.78, 5) is 12.6. The zero-order chi connectivity index (χ0) is 20.7. The summed E-state index contributed by atoms with van der Waals surface area (Å²) >= 11 is 0. The predicted molar refractivity (Wildman–Crippen MR) is 103 cm³/mol. The molecule has 152 valence electrons. The van der Waals surface area contributed by atoms with Crippen LogP contribution in [0.4, 0.5) is 0 Å². The van der Waals surface area contributed by atoms with Gasteiger partial charge in [-0.3, -0.25) is 4.79 Å². The molecule has 0 spiro atoms. The van der Waals surface area contributed by atoms with Crippen LogP contribution in [0.2, 0.25) is 0 Å². The van der Waals surface area contributed by atoms with E-state index >= 15 is 0 Å². The maximum absolute atomic E-state index is 12.6. The van der Waals surface area contributed by atoms with E-state index in [4.69, 9.17) is 28.4 Å². The maximum atomic E-state index is 12.6. The Morgan fingerprint density at radius 1 is 0.679 bits per heavy atom. The SMILES string of the molecule is COc1cc(CNC(=O)c2cc(OC)c(OC)c(OC)c2)cc(OC)c1OC. The van der Waals surface area contributed by atoms with Crippen LogP contribution in [0.15, 0.2) is 24.3 Å². The number of hydrogen-bond acceptors (Lipinski definition) is 7. The summed E-state index contributed by atoms with van der Waals surface area (Å²) in [6, 6.07) is 6.73. The third-order valence-electron chi connectivity index (χ3n) is 4.10. The molecule has 0 radical (unpaired) electrons. The van der Waals surface area contributed by atoms with E-state index < -0.39 is 0 Å². The van der Waals surface area contributed by atoms with Gasteiger partial charge in [-0.2, -0.15) is 0 Å². The van der Waals surface area contributed by atoms with Gasteiger partial charge in [-0.15, -0.1) is 0 Å². The van der Waals surface area contributed by atoms with Gasteiger partial charge in [0.15, 0.2) is 23.0 Å². The third kappa shape index (κ3) is 4.33. The monoisotopic (exact) mass is 391 g/mol. The van der Waals surface area contributed by atoms with E-state index in [1.807, 2.05) is 0 Å². The molecule has 0 unspecified atom stereocenters. The van der Waals surface area contributed by atoms with Gasteiger partial charge in [0.2, 0.25) is 11.5 Å². The Labute approximate surface area is 164 Å². The molecule has 0 saturated carbocycles. The summed E-state index contributed by atoms with van der Waals surface area (Å²) in [5, 5.41) is 2.85. The van der Waals surface area contributed by atoms with Crippen LogP contribution in [0, 0.1) is 0 Å². The number of carbonyl (C=O) groups excluding carboxylic acids is 1. The van der Waals surface area contributed by atoms with Gasteiger partial charge in [0.1, 0.15) is 0 Å². The average molecular weight is 391 g/mol. The lowest BCUT2D eigenvalue weighted by Gasteiger charge is -2.15. The zero-order valence-electron chi connectivity index (χ0n) is 16.9. The van der Waals surface area contributed by atoms with Gasteiger partial charge in [0.05, 0.1) is 42.7 Å². The lowest BCUT2D eigenvalue weighted by atomic mass is 10.1. The van der Waals surface area contributed by atoms with E-state index in [1.54, 1.807) is 24.3 Å². The van der Waals surface area contributed by atoms with Crippen molar-refractivity contribution < 1.29 is 33.2 Å². The van der Waals surface area contributed by atoms with Crippen molar-refractivity contribution >= 4 is 5.91 Å². The number of ether oxygens (including phenoxy) is 6. The largest absolute Gasteiger partial charge is 0.493 e. The summed E-state index contributed by atoms with van der Waals surface area (Å²) in [6.45, 7) is 0.256. The van der Waals surface area contributed by atoms with Crippen LogP contribution in [0.3, 0.4) is 0 Å². The topological polar surface area (TPSA) is 84.5 Å². The first-order chi connectivity index (χ1) is 13.5. The summed E-state index contributed by atoms with van der Waals surface area (Å²) in [5.74, 6) is 2.45. The molecule has 8 nitrogen and oxygen atoms in total. The highest BCUT2D eigenvalue weighted by Crippen LogP contribution is 2.39. The smallest absolute Gasteiger partial charge is 0.251 e. The fourth-order valence-corrected chi connectivity index (χ4v) is 2.73. The molecule has 28 heavy (non-hydrogen) atoms. The molecule has 2 aromatic rings. The van der Waals surface area contributed by atoms with Gasteiger partial charge >= 0.3 is 0 Å². The Kier molecular flexibility index (Phi) is 7.20. The number of carbonyl (C=O) groups is 1. The van der Waals surface area contributed by atoms with E-state index in [2.05, 4.69) is 5.32 Å². The molecule has 0 heterocycles. The van der Waals surface area contributed by atoms with Crippen molar-refractivity contribution in [1.29, 1.82) is 0 Å². The average Bonchev–Trinajstić information content (AvgIpc) is 2.75. The summed E-state index contributed by atoms with van der Waals surface area (Å²) in [7, 11) is 9.10. The molecule has 2 aromatic carbocycles. The van der Waals surface area contributed by atoms with Gasteiger partial charge in [0, 0.05) is 12.1 Å². The van der Waals surface area contributed by atoms with Gasteiger partial charge in [-0.05, 0) is 29.8 Å². The molecular formula is C20H25NO7. The molecule has 0 fully saturated rings. The maximum Gasteiger partial charge on any atom is 0.251 e. The molecule has 0 saturated heterocycles. The van der Waals surface area contributed by atoms with Crippen molar-refractivity contribution in [3.05, 3.63) is 35.4 Å². The minimum Gasteiger partial charge on any atom is -0.493 e. The Morgan fingerprint density at radius 3 is 1.43 bits per heavy atom. The Bertz CT molecular complexity index is 785. The molecular weight excluding hydrogens is 366 g/mol. The first-order valence-electron chi connectivity index (χ1n) is 8.39. The number of nitrogens with one attached hydrogen (secondary N) is 1. The van der Waals surface area contributed by atoms with Crippen molar-refractivity contribution in [3.63, 3.8) is 0 Å². The predicted octanol–water partition coefficient (Wildman–Crippen LogP) is 2.67. The second-order valence-electron chi connectivity index (χ2n) is 5.63. The Hall–Kier alpha value is -3.29. The molecule has 1 N–H and O–H groups in total. The molecule has 0 aliphatic rings. The summed E-state index contributed by atoms with van der Waals surface area (Å²) < 4.78 is 31.8. The number of methoxy groups -OCH3 is 6. The van der Waals surface area contributed by atoms with Gasteiger partial charge in [0.25, 0.3) is 5.91 Å².